The molecule has 6 heteroatoms. The van der Waals surface area contributed by atoms with E-state index in [-0.39, 0.29) is 5.92 Å². The van der Waals surface area contributed by atoms with Crippen LogP contribution in [0.2, 0.25) is 0 Å². The monoisotopic (exact) mass is 408 g/mol. The van der Waals surface area contributed by atoms with Gasteiger partial charge in [-0.15, -0.1) is 0 Å². The number of phosphoric ester groups is 1. The van der Waals surface area contributed by atoms with Crippen LogP contribution in [0.4, 0.5) is 0 Å². The molecule has 0 aromatic rings. The minimum absolute atomic E-state index is 0.0377. The molecule has 0 saturated carbocycles. The lowest BCUT2D eigenvalue weighted by atomic mass is 10.0. The quantitative estimate of drug-likeness (QED) is 0.129. The maximum absolute atomic E-state index is 11.0. The molecule has 2 N–H and O–H groups in total. The second kappa shape index (κ2) is 18.1. The molecule has 0 heterocycles. The molecule has 0 radical (unpaired) electrons. The summed E-state index contributed by atoms with van der Waals surface area (Å²) in [7, 11) is -4.50. The Hall–Kier alpha value is 0.0700. The van der Waals surface area contributed by atoms with Crippen LogP contribution in [0, 0.1) is 5.92 Å². The van der Waals surface area contributed by atoms with E-state index in [1.807, 2.05) is 13.8 Å². The molecule has 0 rings (SSSR count). The van der Waals surface area contributed by atoms with Gasteiger partial charge >= 0.3 is 7.82 Å². The Morgan fingerprint density at radius 2 is 1.15 bits per heavy atom. The van der Waals surface area contributed by atoms with Crippen LogP contribution in [-0.4, -0.2) is 22.7 Å². The van der Waals surface area contributed by atoms with Gasteiger partial charge in [0.15, 0.2) is 6.29 Å². The highest BCUT2D eigenvalue weighted by Crippen LogP contribution is 2.39. The molecule has 0 fully saturated rings. The summed E-state index contributed by atoms with van der Waals surface area (Å²) in [6.07, 6.45) is 18.2. The normalized spacial score (nSPS) is 14.4. The van der Waals surface area contributed by atoms with Crippen LogP contribution >= 0.6 is 7.82 Å². The molecule has 27 heavy (non-hydrogen) atoms. The molecule has 0 bridgehead atoms. The van der Waals surface area contributed by atoms with Crippen LogP contribution < -0.4 is 0 Å². The molecule has 0 spiro atoms. The average Bonchev–Trinajstić information content (AvgIpc) is 2.62. The van der Waals surface area contributed by atoms with Crippen LogP contribution in [0.5, 0.6) is 0 Å². The molecule has 0 aromatic carbocycles. The van der Waals surface area contributed by atoms with Crippen molar-refractivity contribution in [2.75, 3.05) is 6.61 Å². The van der Waals surface area contributed by atoms with E-state index >= 15 is 0 Å². The zero-order valence-electron chi connectivity index (χ0n) is 18.0. The minimum atomic E-state index is -4.50. The Labute approximate surface area is 167 Å². The van der Waals surface area contributed by atoms with Crippen LogP contribution in [0.15, 0.2) is 0 Å². The molecule has 0 saturated heterocycles. The zero-order chi connectivity index (χ0) is 20.4. The van der Waals surface area contributed by atoms with Gasteiger partial charge in [0.05, 0.1) is 0 Å². The van der Waals surface area contributed by atoms with Crippen molar-refractivity contribution < 1.29 is 23.6 Å². The van der Waals surface area contributed by atoms with E-state index in [1.54, 1.807) is 0 Å². The van der Waals surface area contributed by atoms with Crippen LogP contribution in [-0.2, 0) is 13.8 Å². The lowest BCUT2D eigenvalue weighted by Crippen LogP contribution is -2.24. The summed E-state index contributed by atoms with van der Waals surface area (Å²) in [5.74, 6) is -0.0377. The smallest absolute Gasteiger partial charge is 0.352 e. The van der Waals surface area contributed by atoms with E-state index in [2.05, 4.69) is 6.92 Å². The van der Waals surface area contributed by atoms with Gasteiger partial charge in [0.25, 0.3) is 0 Å². The number of unbranched alkanes of at least 4 members (excludes halogenated alkanes) is 13. The zero-order valence-corrected chi connectivity index (χ0v) is 18.9. The largest absolute Gasteiger partial charge is 0.471 e. The van der Waals surface area contributed by atoms with E-state index < -0.39 is 14.1 Å². The van der Waals surface area contributed by atoms with Crippen molar-refractivity contribution in [1.29, 1.82) is 0 Å². The molecule has 2 atom stereocenters. The van der Waals surface area contributed by atoms with Crippen LogP contribution in [0.1, 0.15) is 117 Å². The van der Waals surface area contributed by atoms with E-state index in [9.17, 15) is 4.57 Å². The molecular weight excluding hydrogens is 363 g/mol. The van der Waals surface area contributed by atoms with E-state index in [0.29, 0.717) is 6.61 Å². The van der Waals surface area contributed by atoms with Gasteiger partial charge in [-0.2, -0.15) is 0 Å². The van der Waals surface area contributed by atoms with Crippen molar-refractivity contribution in [1.82, 2.24) is 0 Å². The summed E-state index contributed by atoms with van der Waals surface area (Å²) in [6, 6.07) is 0. The van der Waals surface area contributed by atoms with Crippen molar-refractivity contribution in [2.45, 2.75) is 123 Å². The maximum atomic E-state index is 11.0. The standard InChI is InChI=1S/C21H45O5P/c1-4-6-7-8-9-10-11-12-13-14-15-16-17-18-19-25-21(20(3)5-2)26-27(22,23)24/h20-21H,4-19H2,1-3H3,(H2,22,23,24). The predicted octanol–water partition coefficient (Wildman–Crippen LogP) is 6.97. The Morgan fingerprint density at radius 1 is 0.741 bits per heavy atom. The third kappa shape index (κ3) is 19.2. The highest BCUT2D eigenvalue weighted by atomic mass is 31.2. The van der Waals surface area contributed by atoms with Gasteiger partial charge < -0.3 is 14.5 Å². The van der Waals surface area contributed by atoms with E-state index in [4.69, 9.17) is 19.0 Å². The second-order valence-corrected chi connectivity index (χ2v) is 9.01. The minimum Gasteiger partial charge on any atom is -0.352 e. The van der Waals surface area contributed by atoms with Crippen molar-refractivity contribution in [3.8, 4) is 0 Å². The third-order valence-corrected chi connectivity index (χ3v) is 5.61. The molecule has 2 unspecified atom stereocenters. The first kappa shape index (κ1) is 27.1. The Kier molecular flexibility index (Phi) is 18.2. The topological polar surface area (TPSA) is 76.0 Å². The highest BCUT2D eigenvalue weighted by Gasteiger charge is 2.26. The summed E-state index contributed by atoms with van der Waals surface area (Å²) in [4.78, 5) is 17.9. The summed E-state index contributed by atoms with van der Waals surface area (Å²) in [5.41, 5.74) is 0. The first-order chi connectivity index (χ1) is 12.9. The van der Waals surface area contributed by atoms with Crippen LogP contribution in [0.25, 0.3) is 0 Å². The molecule has 0 aliphatic heterocycles. The molecule has 164 valence electrons. The number of rotatable bonds is 20. The first-order valence-electron chi connectivity index (χ1n) is 11.3. The van der Waals surface area contributed by atoms with Gasteiger partial charge in [-0.1, -0.05) is 104 Å². The number of hydrogen-bond donors (Lipinski definition) is 2. The van der Waals surface area contributed by atoms with Gasteiger partial charge in [-0.05, 0) is 12.8 Å². The molecular formula is C21H45O5P. The molecule has 0 aliphatic rings. The Morgan fingerprint density at radius 3 is 1.52 bits per heavy atom. The SMILES string of the molecule is CCCCCCCCCCCCCCCCOC(OP(=O)(O)O)C(C)CC. The van der Waals surface area contributed by atoms with Gasteiger partial charge in [0.2, 0.25) is 0 Å². The van der Waals surface area contributed by atoms with Gasteiger partial charge in [0.1, 0.15) is 0 Å². The summed E-state index contributed by atoms with van der Waals surface area (Å²) in [6.45, 7) is 6.59. The fraction of sp³-hybridized carbons (Fsp3) is 1.00. The summed E-state index contributed by atoms with van der Waals surface area (Å²) >= 11 is 0. The summed E-state index contributed by atoms with van der Waals surface area (Å²) in [5, 5.41) is 0. The number of ether oxygens (including phenoxy) is 1. The fourth-order valence-corrected chi connectivity index (χ4v) is 3.66. The maximum Gasteiger partial charge on any atom is 0.471 e. The predicted molar refractivity (Wildman–Crippen MR) is 113 cm³/mol. The fourth-order valence-electron chi connectivity index (χ4n) is 3.12. The Bertz CT molecular complexity index is 358. The third-order valence-electron chi connectivity index (χ3n) is 5.13. The van der Waals surface area contributed by atoms with Gasteiger partial charge in [0, 0.05) is 12.5 Å². The summed E-state index contributed by atoms with van der Waals surface area (Å²) < 4.78 is 21.3. The van der Waals surface area contributed by atoms with Crippen molar-refractivity contribution >= 4 is 7.82 Å². The van der Waals surface area contributed by atoms with Crippen molar-refractivity contribution in [3.05, 3.63) is 0 Å². The molecule has 0 aliphatic carbocycles. The molecule has 0 aromatic heterocycles. The van der Waals surface area contributed by atoms with Crippen molar-refractivity contribution in [2.24, 2.45) is 5.92 Å². The van der Waals surface area contributed by atoms with Gasteiger partial charge in [-0.25, -0.2) is 4.57 Å². The molecule has 5 nitrogen and oxygen atoms in total. The lowest BCUT2D eigenvalue weighted by Gasteiger charge is -2.23. The average molecular weight is 409 g/mol. The van der Waals surface area contributed by atoms with Gasteiger partial charge in [-0.3, -0.25) is 4.52 Å². The Balaban J connectivity index is 3.46. The van der Waals surface area contributed by atoms with E-state index in [0.717, 1.165) is 19.3 Å². The van der Waals surface area contributed by atoms with E-state index in [1.165, 1.54) is 77.0 Å². The lowest BCUT2D eigenvalue weighted by molar-refractivity contribution is -0.123. The number of hydrogen-bond acceptors (Lipinski definition) is 3. The highest BCUT2D eigenvalue weighted by molar-refractivity contribution is 7.46. The first-order valence-corrected chi connectivity index (χ1v) is 12.8. The molecule has 0 amide bonds. The van der Waals surface area contributed by atoms with Crippen LogP contribution in [0.3, 0.4) is 0 Å². The number of phosphoric acid groups is 1. The van der Waals surface area contributed by atoms with Crippen molar-refractivity contribution in [3.63, 3.8) is 0 Å². The second-order valence-electron chi connectivity index (χ2n) is 7.82.